The van der Waals surface area contributed by atoms with E-state index in [0.717, 1.165) is 6.42 Å². The SMILES string of the molecule is CCCNC(=O)c1cccc(C(=O)N2CC(C(=O)O)CCC2C)c1. The second-order valence-electron chi connectivity index (χ2n) is 6.26. The van der Waals surface area contributed by atoms with Crippen LogP contribution in [0, 0.1) is 5.92 Å². The third-order valence-electron chi connectivity index (χ3n) is 4.40. The Hall–Kier alpha value is -2.37. The van der Waals surface area contributed by atoms with Crippen molar-refractivity contribution in [3.63, 3.8) is 0 Å². The second kappa shape index (κ2) is 7.95. The lowest BCUT2D eigenvalue weighted by Crippen LogP contribution is -2.47. The lowest BCUT2D eigenvalue weighted by Gasteiger charge is -2.36. The predicted octanol–water partition coefficient (Wildman–Crippen LogP) is 2.15. The molecule has 1 aliphatic heterocycles. The first-order valence-corrected chi connectivity index (χ1v) is 8.36. The highest BCUT2D eigenvalue weighted by Gasteiger charge is 2.33. The number of likely N-dealkylation sites (tertiary alicyclic amines) is 1. The van der Waals surface area contributed by atoms with Crippen LogP contribution in [-0.2, 0) is 4.79 Å². The van der Waals surface area contributed by atoms with Gasteiger partial charge < -0.3 is 15.3 Å². The van der Waals surface area contributed by atoms with E-state index in [9.17, 15) is 19.5 Å². The summed E-state index contributed by atoms with van der Waals surface area (Å²) in [5.41, 5.74) is 0.853. The molecule has 6 heteroatoms. The summed E-state index contributed by atoms with van der Waals surface area (Å²) >= 11 is 0. The van der Waals surface area contributed by atoms with E-state index in [1.165, 1.54) is 0 Å². The first-order valence-electron chi connectivity index (χ1n) is 8.36. The zero-order chi connectivity index (χ0) is 17.7. The van der Waals surface area contributed by atoms with E-state index in [1.807, 2.05) is 13.8 Å². The Kier molecular flexibility index (Phi) is 5.95. The number of hydrogen-bond acceptors (Lipinski definition) is 3. The van der Waals surface area contributed by atoms with Crippen molar-refractivity contribution in [1.82, 2.24) is 10.2 Å². The number of hydrogen-bond donors (Lipinski definition) is 2. The van der Waals surface area contributed by atoms with Gasteiger partial charge in [-0.3, -0.25) is 14.4 Å². The van der Waals surface area contributed by atoms with Crippen LogP contribution in [0.15, 0.2) is 24.3 Å². The number of aliphatic carboxylic acids is 1. The molecule has 130 valence electrons. The maximum Gasteiger partial charge on any atom is 0.308 e. The Bertz CT molecular complexity index is 629. The molecule has 1 heterocycles. The van der Waals surface area contributed by atoms with Crippen molar-refractivity contribution >= 4 is 17.8 Å². The van der Waals surface area contributed by atoms with Gasteiger partial charge in [0.25, 0.3) is 11.8 Å². The molecule has 2 unspecified atom stereocenters. The molecule has 2 N–H and O–H groups in total. The van der Waals surface area contributed by atoms with Crippen LogP contribution in [0.3, 0.4) is 0 Å². The van der Waals surface area contributed by atoms with Gasteiger partial charge in [-0.15, -0.1) is 0 Å². The Morgan fingerprint density at radius 3 is 2.62 bits per heavy atom. The molecule has 2 rings (SSSR count). The van der Waals surface area contributed by atoms with Gasteiger partial charge >= 0.3 is 5.97 Å². The Balaban J connectivity index is 2.16. The summed E-state index contributed by atoms with van der Waals surface area (Å²) in [5, 5.41) is 12.0. The van der Waals surface area contributed by atoms with Crippen molar-refractivity contribution in [2.45, 2.75) is 39.2 Å². The van der Waals surface area contributed by atoms with Crippen molar-refractivity contribution in [3.05, 3.63) is 35.4 Å². The standard InChI is InChI=1S/C18H24N2O4/c1-3-9-19-16(21)13-5-4-6-14(10-13)17(22)20-11-15(18(23)24)8-7-12(20)2/h4-6,10,12,15H,3,7-9,11H2,1-2H3,(H,19,21)(H,23,24). The number of nitrogens with one attached hydrogen (secondary N) is 1. The van der Waals surface area contributed by atoms with Crippen LogP contribution in [-0.4, -0.2) is 46.9 Å². The highest BCUT2D eigenvalue weighted by atomic mass is 16.4. The zero-order valence-electron chi connectivity index (χ0n) is 14.1. The first-order chi connectivity index (χ1) is 11.4. The van der Waals surface area contributed by atoms with Gasteiger partial charge in [0.15, 0.2) is 0 Å². The maximum absolute atomic E-state index is 12.8. The number of nitrogens with zero attached hydrogens (tertiary/aromatic N) is 1. The largest absolute Gasteiger partial charge is 0.481 e. The molecule has 0 radical (unpaired) electrons. The smallest absolute Gasteiger partial charge is 0.308 e. The molecular weight excluding hydrogens is 308 g/mol. The van der Waals surface area contributed by atoms with Gasteiger partial charge in [-0.2, -0.15) is 0 Å². The van der Waals surface area contributed by atoms with E-state index in [1.54, 1.807) is 29.2 Å². The van der Waals surface area contributed by atoms with Gasteiger partial charge in [0, 0.05) is 30.3 Å². The summed E-state index contributed by atoms with van der Waals surface area (Å²) in [6.45, 7) is 4.69. The zero-order valence-corrected chi connectivity index (χ0v) is 14.1. The third-order valence-corrected chi connectivity index (χ3v) is 4.40. The Morgan fingerprint density at radius 2 is 1.96 bits per heavy atom. The van der Waals surface area contributed by atoms with Crippen molar-refractivity contribution in [2.24, 2.45) is 5.92 Å². The predicted molar refractivity (Wildman–Crippen MR) is 89.9 cm³/mol. The molecule has 0 aliphatic carbocycles. The maximum atomic E-state index is 12.8. The second-order valence-corrected chi connectivity index (χ2v) is 6.26. The van der Waals surface area contributed by atoms with Crippen LogP contribution in [0.4, 0.5) is 0 Å². The number of rotatable bonds is 5. The number of benzene rings is 1. The minimum atomic E-state index is -0.868. The van der Waals surface area contributed by atoms with E-state index in [2.05, 4.69) is 5.32 Å². The fourth-order valence-electron chi connectivity index (χ4n) is 2.89. The van der Waals surface area contributed by atoms with Crippen LogP contribution < -0.4 is 5.32 Å². The topological polar surface area (TPSA) is 86.7 Å². The molecule has 2 atom stereocenters. The van der Waals surface area contributed by atoms with Gasteiger partial charge in [-0.05, 0) is 44.4 Å². The fourth-order valence-corrected chi connectivity index (χ4v) is 2.89. The van der Waals surface area contributed by atoms with Crippen LogP contribution >= 0.6 is 0 Å². The first kappa shape index (κ1) is 18.0. The number of carbonyl (C=O) groups excluding carboxylic acids is 2. The molecule has 1 aromatic rings. The van der Waals surface area contributed by atoms with Gasteiger partial charge in [-0.25, -0.2) is 0 Å². The van der Waals surface area contributed by atoms with Gasteiger partial charge in [0.05, 0.1) is 5.92 Å². The van der Waals surface area contributed by atoms with Crippen molar-refractivity contribution in [2.75, 3.05) is 13.1 Å². The van der Waals surface area contributed by atoms with Crippen LogP contribution in [0.2, 0.25) is 0 Å². The number of carboxylic acids is 1. The normalized spacial score (nSPS) is 20.5. The highest BCUT2D eigenvalue weighted by molar-refractivity contribution is 5.99. The van der Waals surface area contributed by atoms with E-state index >= 15 is 0 Å². The van der Waals surface area contributed by atoms with Crippen LogP contribution in [0.1, 0.15) is 53.8 Å². The average molecular weight is 332 g/mol. The number of carbonyl (C=O) groups is 3. The lowest BCUT2D eigenvalue weighted by atomic mass is 9.93. The molecule has 1 aliphatic rings. The molecule has 0 spiro atoms. The summed E-state index contributed by atoms with van der Waals surface area (Å²) in [4.78, 5) is 37.6. The minimum Gasteiger partial charge on any atom is -0.481 e. The Labute approximate surface area is 141 Å². The molecule has 0 bridgehead atoms. The molecule has 1 saturated heterocycles. The van der Waals surface area contributed by atoms with Crippen LogP contribution in [0.5, 0.6) is 0 Å². The number of piperidine rings is 1. The molecule has 2 amide bonds. The number of amides is 2. The minimum absolute atomic E-state index is 0.00864. The monoisotopic (exact) mass is 332 g/mol. The summed E-state index contributed by atoms with van der Waals surface area (Å²) in [5.74, 6) is -1.83. The van der Waals surface area contributed by atoms with Crippen molar-refractivity contribution in [3.8, 4) is 0 Å². The summed E-state index contributed by atoms with van der Waals surface area (Å²) < 4.78 is 0. The van der Waals surface area contributed by atoms with Gasteiger partial charge in [0.2, 0.25) is 0 Å². The Morgan fingerprint density at radius 1 is 1.25 bits per heavy atom. The molecule has 0 aromatic heterocycles. The number of carboxylic acid groups (broad SMARTS) is 1. The third kappa shape index (κ3) is 4.13. The molecule has 1 aromatic carbocycles. The summed E-state index contributed by atoms with van der Waals surface area (Å²) in [6, 6.07) is 6.57. The van der Waals surface area contributed by atoms with Crippen LogP contribution in [0.25, 0.3) is 0 Å². The van der Waals surface area contributed by atoms with E-state index in [4.69, 9.17) is 0 Å². The highest BCUT2D eigenvalue weighted by Crippen LogP contribution is 2.24. The van der Waals surface area contributed by atoms with Gasteiger partial charge in [-0.1, -0.05) is 13.0 Å². The van der Waals surface area contributed by atoms with E-state index in [-0.39, 0.29) is 24.4 Å². The molecule has 0 saturated carbocycles. The summed E-state index contributed by atoms with van der Waals surface area (Å²) in [7, 11) is 0. The lowest BCUT2D eigenvalue weighted by molar-refractivity contribution is -0.143. The molecular formula is C18H24N2O4. The molecule has 1 fully saturated rings. The van der Waals surface area contributed by atoms with Crippen molar-refractivity contribution in [1.29, 1.82) is 0 Å². The van der Waals surface area contributed by atoms with Gasteiger partial charge in [0.1, 0.15) is 0 Å². The molecule has 24 heavy (non-hydrogen) atoms. The van der Waals surface area contributed by atoms with E-state index in [0.29, 0.717) is 30.5 Å². The van der Waals surface area contributed by atoms with Crippen molar-refractivity contribution < 1.29 is 19.5 Å². The fraction of sp³-hybridized carbons (Fsp3) is 0.500. The average Bonchev–Trinajstić information content (AvgIpc) is 2.59. The van der Waals surface area contributed by atoms with E-state index < -0.39 is 11.9 Å². The summed E-state index contributed by atoms with van der Waals surface area (Å²) in [6.07, 6.45) is 2.09. The molecule has 6 nitrogen and oxygen atoms in total. The quantitative estimate of drug-likeness (QED) is 0.865.